The molecule has 0 saturated heterocycles. The molecule has 0 saturated carbocycles. The monoisotopic (exact) mass is 490 g/mol. The van der Waals surface area contributed by atoms with Crippen LogP contribution in [0.2, 0.25) is 0 Å². The predicted octanol–water partition coefficient (Wildman–Crippen LogP) is 4.69. The summed E-state index contributed by atoms with van der Waals surface area (Å²) in [6.45, 7) is 0. The average Bonchev–Trinajstić information content (AvgIpc) is 2.84. The lowest BCUT2D eigenvalue weighted by Crippen LogP contribution is -2.17. The van der Waals surface area contributed by atoms with Crippen molar-refractivity contribution in [2.75, 3.05) is 10.1 Å². The molecule has 176 valence electrons. The number of sulfonamides is 1. The van der Waals surface area contributed by atoms with E-state index in [1.807, 2.05) is 42.5 Å². The van der Waals surface area contributed by atoms with Crippen LogP contribution in [0.15, 0.2) is 94.9 Å². The van der Waals surface area contributed by atoms with E-state index in [0.29, 0.717) is 0 Å². The topological polar surface area (TPSA) is 151 Å². The van der Waals surface area contributed by atoms with Gasteiger partial charge in [0.25, 0.3) is 15.7 Å². The largest absolute Gasteiger partial charge is 0.478 e. The molecule has 0 atom stereocenters. The fourth-order valence-corrected chi connectivity index (χ4v) is 4.69. The number of carboxylic acid groups (broad SMARTS) is 1. The van der Waals surface area contributed by atoms with Gasteiger partial charge >= 0.3 is 5.97 Å². The van der Waals surface area contributed by atoms with Gasteiger partial charge in [-0.25, -0.2) is 13.2 Å². The Labute approximate surface area is 199 Å². The number of hydrogen-bond acceptors (Lipinski definition) is 7. The third-order valence-electron chi connectivity index (χ3n) is 5.08. The molecular weight excluding hydrogens is 472 g/mol. The molecule has 0 heterocycles. The van der Waals surface area contributed by atoms with E-state index in [2.05, 4.69) is 15.2 Å². The molecule has 35 heavy (non-hydrogen) atoms. The number of aromatic carboxylic acids is 1. The van der Waals surface area contributed by atoms with Crippen molar-refractivity contribution >= 4 is 50.0 Å². The highest BCUT2D eigenvalue weighted by Gasteiger charge is 2.24. The minimum atomic E-state index is -4.44. The van der Waals surface area contributed by atoms with Crippen molar-refractivity contribution in [1.82, 2.24) is 0 Å². The highest BCUT2D eigenvalue weighted by molar-refractivity contribution is 7.93. The molecule has 3 N–H and O–H groups in total. The highest BCUT2D eigenvalue weighted by atomic mass is 32.2. The molecular formula is C24H18N4O6S. The number of nitrogens with one attached hydrogen (secondary N) is 2. The quantitative estimate of drug-likeness (QED) is 0.184. The van der Waals surface area contributed by atoms with Crippen molar-refractivity contribution in [3.63, 3.8) is 0 Å². The van der Waals surface area contributed by atoms with Gasteiger partial charge in [-0.15, -0.1) is 0 Å². The second-order valence-corrected chi connectivity index (χ2v) is 8.98. The van der Waals surface area contributed by atoms with Gasteiger partial charge in [0.05, 0.1) is 28.1 Å². The second kappa shape index (κ2) is 9.61. The summed E-state index contributed by atoms with van der Waals surface area (Å²) in [7, 11) is -4.44. The third kappa shape index (κ3) is 5.09. The van der Waals surface area contributed by atoms with E-state index >= 15 is 0 Å². The second-order valence-electron chi connectivity index (χ2n) is 7.33. The molecule has 11 heteroatoms. The van der Waals surface area contributed by atoms with Crippen LogP contribution in [0.25, 0.3) is 10.8 Å². The number of para-hydroxylation sites is 1. The Morgan fingerprint density at radius 2 is 1.66 bits per heavy atom. The van der Waals surface area contributed by atoms with E-state index in [9.17, 15) is 28.4 Å². The van der Waals surface area contributed by atoms with Crippen LogP contribution in [0.1, 0.15) is 15.9 Å². The Morgan fingerprint density at radius 3 is 2.43 bits per heavy atom. The van der Waals surface area contributed by atoms with Gasteiger partial charge in [0.2, 0.25) is 0 Å². The first-order valence-corrected chi connectivity index (χ1v) is 11.6. The van der Waals surface area contributed by atoms with Crippen LogP contribution in [0.4, 0.5) is 17.1 Å². The normalized spacial score (nSPS) is 11.4. The van der Waals surface area contributed by atoms with E-state index in [0.717, 1.165) is 28.5 Å². The fourth-order valence-electron chi connectivity index (χ4n) is 3.43. The number of carbonyl (C=O) groups is 1. The molecule has 0 spiro atoms. The Morgan fingerprint density at radius 1 is 0.943 bits per heavy atom. The van der Waals surface area contributed by atoms with E-state index in [4.69, 9.17) is 0 Å². The van der Waals surface area contributed by atoms with E-state index in [1.54, 1.807) is 0 Å². The number of carboxylic acids is 1. The summed E-state index contributed by atoms with van der Waals surface area (Å²) in [6.07, 6.45) is 1.51. The van der Waals surface area contributed by atoms with Crippen molar-refractivity contribution in [2.24, 2.45) is 5.10 Å². The lowest BCUT2D eigenvalue weighted by molar-refractivity contribution is -0.385. The summed E-state index contributed by atoms with van der Waals surface area (Å²) in [5, 5.41) is 26.7. The third-order valence-corrected chi connectivity index (χ3v) is 6.48. The van der Waals surface area contributed by atoms with Crippen LogP contribution >= 0.6 is 0 Å². The number of nitro groups is 1. The maximum atomic E-state index is 13.2. The number of hydrogen-bond donors (Lipinski definition) is 3. The van der Waals surface area contributed by atoms with Crippen LogP contribution in [0, 0.1) is 10.1 Å². The maximum absolute atomic E-state index is 13.2. The summed E-state index contributed by atoms with van der Waals surface area (Å²) in [4.78, 5) is 21.5. The highest BCUT2D eigenvalue weighted by Crippen LogP contribution is 2.29. The first-order chi connectivity index (χ1) is 16.8. The summed E-state index contributed by atoms with van der Waals surface area (Å²) >= 11 is 0. The van der Waals surface area contributed by atoms with Gasteiger partial charge in [-0.3, -0.25) is 20.3 Å². The molecule has 4 aromatic carbocycles. The lowest BCUT2D eigenvalue weighted by Gasteiger charge is -2.13. The van der Waals surface area contributed by atoms with Crippen LogP contribution in [-0.4, -0.2) is 30.6 Å². The van der Waals surface area contributed by atoms with E-state index in [-0.39, 0.29) is 16.9 Å². The zero-order valence-corrected chi connectivity index (χ0v) is 18.8. The molecule has 0 aliphatic heterocycles. The Hall–Kier alpha value is -4.77. The molecule has 10 nitrogen and oxygen atoms in total. The number of rotatable bonds is 8. The van der Waals surface area contributed by atoms with Crippen LogP contribution in [-0.2, 0) is 10.0 Å². The van der Waals surface area contributed by atoms with Crippen molar-refractivity contribution < 1.29 is 23.2 Å². The summed E-state index contributed by atoms with van der Waals surface area (Å²) in [6, 6.07) is 22.0. The summed E-state index contributed by atoms with van der Waals surface area (Å²) in [5.41, 5.74) is 2.46. The number of fused-ring (bicyclic) bond motifs is 1. The van der Waals surface area contributed by atoms with E-state index in [1.165, 1.54) is 36.5 Å². The standard InChI is InChI=1S/C24H18N4O6S/c29-24(30)20-10-3-4-11-21(20)27-35(33,34)23-14-18(28(31)32)12-13-22(23)26-25-15-17-8-5-7-16-6-1-2-9-19(16)17/h1-15,26-27H,(H,29,30). The smallest absolute Gasteiger partial charge is 0.337 e. The van der Waals surface area contributed by atoms with Crippen LogP contribution < -0.4 is 10.1 Å². The van der Waals surface area contributed by atoms with Gasteiger partial charge in [0.1, 0.15) is 4.90 Å². The van der Waals surface area contributed by atoms with Gasteiger partial charge in [0.15, 0.2) is 0 Å². The number of anilines is 2. The first-order valence-electron chi connectivity index (χ1n) is 10.2. The number of nitrogens with zero attached hydrogens (tertiary/aromatic N) is 2. The predicted molar refractivity (Wildman–Crippen MR) is 132 cm³/mol. The molecule has 0 amide bonds. The Bertz CT molecular complexity index is 1580. The Balaban J connectivity index is 1.70. The molecule has 0 fully saturated rings. The molecule has 0 radical (unpaired) electrons. The van der Waals surface area contributed by atoms with Crippen molar-refractivity contribution in [3.05, 3.63) is 106 Å². The number of non-ortho nitro benzene ring substituents is 1. The van der Waals surface area contributed by atoms with Crippen LogP contribution in [0.5, 0.6) is 0 Å². The maximum Gasteiger partial charge on any atom is 0.337 e. The zero-order chi connectivity index (χ0) is 25.0. The fraction of sp³-hybridized carbons (Fsp3) is 0. The van der Waals surface area contributed by atoms with Crippen molar-refractivity contribution in [2.45, 2.75) is 4.90 Å². The minimum absolute atomic E-state index is 0.0348. The number of hydrazone groups is 1. The summed E-state index contributed by atoms with van der Waals surface area (Å²) in [5.74, 6) is -1.33. The molecule has 0 bridgehead atoms. The SMILES string of the molecule is O=C(O)c1ccccc1NS(=O)(=O)c1cc([N+](=O)[O-])ccc1NN=Cc1cccc2ccccc12. The zero-order valence-electron chi connectivity index (χ0n) is 18.0. The minimum Gasteiger partial charge on any atom is -0.478 e. The van der Waals surface area contributed by atoms with E-state index < -0.39 is 31.5 Å². The van der Waals surface area contributed by atoms with Gasteiger partial charge < -0.3 is 5.11 Å². The van der Waals surface area contributed by atoms with Crippen molar-refractivity contribution in [1.29, 1.82) is 0 Å². The van der Waals surface area contributed by atoms with Gasteiger partial charge in [-0.1, -0.05) is 54.6 Å². The van der Waals surface area contributed by atoms with Gasteiger partial charge in [0, 0.05) is 17.7 Å². The van der Waals surface area contributed by atoms with Gasteiger partial charge in [-0.2, -0.15) is 5.10 Å². The molecule has 0 unspecified atom stereocenters. The summed E-state index contributed by atoms with van der Waals surface area (Å²) < 4.78 is 28.5. The Kier molecular flexibility index (Phi) is 6.42. The number of benzene rings is 4. The molecule has 0 aliphatic carbocycles. The molecule has 4 aromatic rings. The first kappa shape index (κ1) is 23.4. The van der Waals surface area contributed by atoms with Crippen molar-refractivity contribution in [3.8, 4) is 0 Å². The van der Waals surface area contributed by atoms with Crippen LogP contribution in [0.3, 0.4) is 0 Å². The molecule has 0 aliphatic rings. The van der Waals surface area contributed by atoms with Gasteiger partial charge in [-0.05, 0) is 29.0 Å². The lowest BCUT2D eigenvalue weighted by atomic mass is 10.1. The molecule has 0 aromatic heterocycles. The number of nitro benzene ring substituents is 1. The average molecular weight is 490 g/mol. The molecule has 4 rings (SSSR count).